The maximum Gasteiger partial charge on any atom is 0.252 e. The zero-order valence-corrected chi connectivity index (χ0v) is 16.7. The molecule has 1 atom stereocenters. The maximum absolute atomic E-state index is 12.7. The van der Waals surface area contributed by atoms with Gasteiger partial charge >= 0.3 is 0 Å². The van der Waals surface area contributed by atoms with Crippen molar-refractivity contribution < 1.29 is 19.1 Å². The molecule has 0 spiro atoms. The van der Waals surface area contributed by atoms with E-state index in [0.717, 1.165) is 24.3 Å². The van der Waals surface area contributed by atoms with Gasteiger partial charge in [-0.2, -0.15) is 11.8 Å². The van der Waals surface area contributed by atoms with Crippen molar-refractivity contribution in [1.82, 2.24) is 10.6 Å². The molecule has 0 saturated carbocycles. The quantitative estimate of drug-likeness (QED) is 0.760. The zero-order valence-electron chi connectivity index (χ0n) is 15.8. The molecule has 0 aliphatic carbocycles. The molecule has 2 rings (SSSR count). The molecule has 0 aromatic heterocycles. The Hall–Kier alpha value is -1.89. The second-order valence-corrected chi connectivity index (χ2v) is 7.92. The average molecular weight is 381 g/mol. The highest BCUT2D eigenvalue weighted by atomic mass is 32.2. The topological polar surface area (TPSA) is 76.7 Å². The van der Waals surface area contributed by atoms with E-state index in [1.165, 1.54) is 14.2 Å². The molecule has 6 nitrogen and oxygen atoms in total. The lowest BCUT2D eigenvalue weighted by molar-refractivity contribution is -0.124. The molecule has 0 radical (unpaired) electrons. The summed E-state index contributed by atoms with van der Waals surface area (Å²) >= 11 is 1.91. The molecular formula is C19H28N2O4S. The molecule has 1 heterocycles. The summed E-state index contributed by atoms with van der Waals surface area (Å²) in [5, 5.41) is 5.94. The highest BCUT2D eigenvalue weighted by molar-refractivity contribution is 7.99. The fraction of sp³-hybridized carbons (Fsp3) is 0.579. The molecule has 7 heteroatoms. The van der Waals surface area contributed by atoms with Gasteiger partial charge in [-0.3, -0.25) is 9.59 Å². The predicted octanol–water partition coefficient (Wildman–Crippen LogP) is 2.47. The Bertz CT molecular complexity index is 608. The first kappa shape index (κ1) is 20.4. The van der Waals surface area contributed by atoms with Crippen LogP contribution in [0.25, 0.3) is 0 Å². The van der Waals surface area contributed by atoms with E-state index in [1.54, 1.807) is 18.2 Å². The first-order valence-corrected chi connectivity index (χ1v) is 10.0. The third kappa shape index (κ3) is 5.56. The van der Waals surface area contributed by atoms with Crippen LogP contribution in [-0.2, 0) is 4.79 Å². The van der Waals surface area contributed by atoms with E-state index in [2.05, 4.69) is 10.6 Å². The van der Waals surface area contributed by atoms with Crippen LogP contribution >= 0.6 is 11.8 Å². The van der Waals surface area contributed by atoms with Gasteiger partial charge in [0.2, 0.25) is 5.91 Å². The van der Waals surface area contributed by atoms with Crippen LogP contribution in [0.1, 0.15) is 37.0 Å². The molecule has 1 aliphatic rings. The molecular weight excluding hydrogens is 352 g/mol. The monoisotopic (exact) mass is 380 g/mol. The number of nitrogens with one attached hydrogen (secondary N) is 2. The van der Waals surface area contributed by atoms with Crippen molar-refractivity contribution >= 4 is 23.6 Å². The molecule has 144 valence electrons. The van der Waals surface area contributed by atoms with E-state index in [9.17, 15) is 9.59 Å². The molecule has 1 saturated heterocycles. The van der Waals surface area contributed by atoms with Crippen molar-refractivity contribution in [3.63, 3.8) is 0 Å². The minimum absolute atomic E-state index is 0.0237. The van der Waals surface area contributed by atoms with Gasteiger partial charge < -0.3 is 20.1 Å². The summed E-state index contributed by atoms with van der Waals surface area (Å²) in [6, 6.07) is 4.56. The molecule has 1 aromatic carbocycles. The second-order valence-electron chi connectivity index (χ2n) is 6.69. The lowest BCUT2D eigenvalue weighted by Gasteiger charge is -2.27. The van der Waals surface area contributed by atoms with E-state index in [4.69, 9.17) is 9.47 Å². The van der Waals surface area contributed by atoms with Crippen molar-refractivity contribution in [2.75, 3.05) is 25.7 Å². The van der Waals surface area contributed by atoms with E-state index < -0.39 is 6.04 Å². The summed E-state index contributed by atoms with van der Waals surface area (Å²) in [5.41, 5.74) is 0.397. The Kier molecular flexibility index (Phi) is 7.63. The molecule has 2 amide bonds. The number of methoxy groups -OCH3 is 2. The lowest BCUT2D eigenvalue weighted by atomic mass is 10.0. The molecule has 2 N–H and O–H groups in total. The second kappa shape index (κ2) is 9.71. The summed E-state index contributed by atoms with van der Waals surface area (Å²) < 4.78 is 10.4. The third-order valence-corrected chi connectivity index (χ3v) is 5.47. The third-order valence-electron chi connectivity index (χ3n) is 4.42. The molecule has 1 fully saturated rings. The minimum atomic E-state index is -0.589. The zero-order chi connectivity index (χ0) is 19.1. The summed E-state index contributed by atoms with van der Waals surface area (Å²) in [6.45, 7) is 3.85. The number of carbonyl (C=O) groups is 2. The fourth-order valence-corrected chi connectivity index (χ4v) is 3.94. The maximum atomic E-state index is 12.7. The van der Waals surface area contributed by atoms with Crippen LogP contribution in [0.4, 0.5) is 0 Å². The lowest BCUT2D eigenvalue weighted by Crippen LogP contribution is -2.52. The molecule has 1 aromatic rings. The number of ether oxygens (including phenoxy) is 2. The van der Waals surface area contributed by atoms with Gasteiger partial charge in [-0.05, 0) is 42.4 Å². The van der Waals surface area contributed by atoms with Crippen molar-refractivity contribution in [2.24, 2.45) is 5.92 Å². The first-order chi connectivity index (χ1) is 12.4. The summed E-state index contributed by atoms with van der Waals surface area (Å²) in [7, 11) is 3.06. The number of hydrogen-bond acceptors (Lipinski definition) is 5. The van der Waals surface area contributed by atoms with Crippen LogP contribution in [0.15, 0.2) is 18.2 Å². The van der Waals surface area contributed by atoms with Gasteiger partial charge in [0, 0.05) is 17.7 Å². The first-order valence-electron chi connectivity index (χ1n) is 8.86. The Morgan fingerprint density at radius 3 is 2.15 bits per heavy atom. The van der Waals surface area contributed by atoms with Crippen LogP contribution in [0, 0.1) is 5.92 Å². The van der Waals surface area contributed by atoms with Crippen LogP contribution in [0.3, 0.4) is 0 Å². The van der Waals surface area contributed by atoms with Gasteiger partial charge in [-0.1, -0.05) is 13.8 Å². The van der Waals surface area contributed by atoms with E-state index in [-0.39, 0.29) is 23.8 Å². The Morgan fingerprint density at radius 1 is 1.08 bits per heavy atom. The number of benzene rings is 1. The number of carbonyl (C=O) groups excluding carboxylic acids is 2. The van der Waals surface area contributed by atoms with Gasteiger partial charge in [0.1, 0.15) is 17.5 Å². The van der Waals surface area contributed by atoms with E-state index in [1.807, 2.05) is 25.6 Å². The van der Waals surface area contributed by atoms with Gasteiger partial charge in [0.05, 0.1) is 14.2 Å². The number of hydrogen-bond donors (Lipinski definition) is 2. The van der Waals surface area contributed by atoms with E-state index in [0.29, 0.717) is 17.1 Å². The molecule has 0 bridgehead atoms. The van der Waals surface area contributed by atoms with Crippen molar-refractivity contribution in [1.29, 1.82) is 0 Å². The summed E-state index contributed by atoms with van der Waals surface area (Å²) in [5.74, 6) is 2.71. The van der Waals surface area contributed by atoms with E-state index >= 15 is 0 Å². The SMILES string of the molecule is COc1cc(OC)cc(C(=O)NC(C(=O)NC2CCSCC2)C(C)C)c1. The normalized spacial score (nSPS) is 16.0. The predicted molar refractivity (Wildman–Crippen MR) is 104 cm³/mol. The number of rotatable bonds is 7. The van der Waals surface area contributed by atoms with Gasteiger partial charge in [0.15, 0.2) is 0 Å². The smallest absolute Gasteiger partial charge is 0.252 e. The largest absolute Gasteiger partial charge is 0.497 e. The van der Waals surface area contributed by atoms with Crippen molar-refractivity contribution in [2.45, 2.75) is 38.8 Å². The molecule has 26 heavy (non-hydrogen) atoms. The van der Waals surface area contributed by atoms with Crippen LogP contribution in [0.5, 0.6) is 11.5 Å². The Balaban J connectivity index is 2.08. The number of amides is 2. The Labute approximate surface area is 159 Å². The highest BCUT2D eigenvalue weighted by Gasteiger charge is 2.27. The average Bonchev–Trinajstić information content (AvgIpc) is 2.65. The van der Waals surface area contributed by atoms with Crippen LogP contribution in [0.2, 0.25) is 0 Å². The summed E-state index contributed by atoms with van der Waals surface area (Å²) in [4.78, 5) is 25.4. The van der Waals surface area contributed by atoms with Crippen LogP contribution in [-0.4, -0.2) is 49.6 Å². The van der Waals surface area contributed by atoms with Crippen LogP contribution < -0.4 is 20.1 Å². The van der Waals surface area contributed by atoms with Gasteiger partial charge in [-0.25, -0.2) is 0 Å². The standard InChI is InChI=1S/C19H28N2O4S/c1-12(2)17(19(23)20-14-5-7-26-8-6-14)21-18(22)13-9-15(24-3)11-16(10-13)25-4/h9-12,14,17H,5-8H2,1-4H3,(H,20,23)(H,21,22). The van der Waals surface area contributed by atoms with Gasteiger partial charge in [0.25, 0.3) is 5.91 Å². The van der Waals surface area contributed by atoms with Crippen molar-refractivity contribution in [3.8, 4) is 11.5 Å². The minimum Gasteiger partial charge on any atom is -0.497 e. The summed E-state index contributed by atoms with van der Waals surface area (Å²) in [6.07, 6.45) is 1.95. The molecule has 1 unspecified atom stereocenters. The van der Waals surface area contributed by atoms with Gasteiger partial charge in [-0.15, -0.1) is 0 Å². The van der Waals surface area contributed by atoms with Crippen molar-refractivity contribution in [3.05, 3.63) is 23.8 Å². The number of thioether (sulfide) groups is 1. The molecule has 1 aliphatic heterocycles. The fourth-order valence-electron chi connectivity index (χ4n) is 2.83. The Morgan fingerprint density at radius 2 is 1.65 bits per heavy atom. The highest BCUT2D eigenvalue weighted by Crippen LogP contribution is 2.23.